The van der Waals surface area contributed by atoms with Crippen molar-refractivity contribution in [3.05, 3.63) is 34.9 Å². The molecule has 0 heterocycles. The van der Waals surface area contributed by atoms with Crippen molar-refractivity contribution >= 4 is 5.91 Å². The molecule has 1 aliphatic carbocycles. The average molecular weight is 260 g/mol. The van der Waals surface area contributed by atoms with E-state index in [0.29, 0.717) is 6.54 Å². The molecule has 0 saturated carbocycles. The lowest BCUT2D eigenvalue weighted by atomic mass is 10.0. The van der Waals surface area contributed by atoms with Crippen molar-refractivity contribution in [3.8, 4) is 0 Å². The minimum absolute atomic E-state index is 0.0653. The molecule has 19 heavy (non-hydrogen) atoms. The monoisotopic (exact) mass is 260 g/mol. The zero-order chi connectivity index (χ0) is 13.8. The van der Waals surface area contributed by atoms with Crippen LogP contribution in [0.4, 0.5) is 0 Å². The van der Waals surface area contributed by atoms with E-state index in [2.05, 4.69) is 35.8 Å². The second-order valence-electron chi connectivity index (χ2n) is 5.39. The summed E-state index contributed by atoms with van der Waals surface area (Å²) in [4.78, 5) is 11.7. The number of carbonyl (C=O) groups is 1. The molecule has 104 valence electrons. The van der Waals surface area contributed by atoms with Gasteiger partial charge in [-0.05, 0) is 56.7 Å². The molecule has 3 heteroatoms. The quantitative estimate of drug-likeness (QED) is 0.853. The lowest BCUT2D eigenvalue weighted by Gasteiger charge is -2.20. The van der Waals surface area contributed by atoms with Gasteiger partial charge in [-0.25, -0.2) is 0 Å². The van der Waals surface area contributed by atoms with E-state index < -0.39 is 0 Å². The molecule has 0 aromatic heterocycles. The number of nitrogens with one attached hydrogen (secondary N) is 2. The summed E-state index contributed by atoms with van der Waals surface area (Å²) in [6.45, 7) is 6.65. The molecule has 0 saturated heterocycles. The molecule has 3 nitrogen and oxygen atoms in total. The second-order valence-corrected chi connectivity index (χ2v) is 5.39. The van der Waals surface area contributed by atoms with Gasteiger partial charge in [0.15, 0.2) is 0 Å². The zero-order valence-electron chi connectivity index (χ0n) is 12.1. The first-order valence-corrected chi connectivity index (χ1v) is 7.27. The summed E-state index contributed by atoms with van der Waals surface area (Å²) in [5.41, 5.74) is 4.25. The Balaban J connectivity index is 2.00. The van der Waals surface area contributed by atoms with Gasteiger partial charge in [0.1, 0.15) is 0 Å². The summed E-state index contributed by atoms with van der Waals surface area (Å²) in [5, 5.41) is 6.20. The number of hydrogen-bond donors (Lipinski definition) is 2. The van der Waals surface area contributed by atoms with Gasteiger partial charge in [0.05, 0.1) is 6.04 Å². The minimum Gasteiger partial charge on any atom is -0.355 e. The van der Waals surface area contributed by atoms with Gasteiger partial charge in [-0.1, -0.05) is 18.2 Å². The van der Waals surface area contributed by atoms with Gasteiger partial charge in [0.25, 0.3) is 0 Å². The van der Waals surface area contributed by atoms with Crippen molar-refractivity contribution < 1.29 is 4.79 Å². The maximum atomic E-state index is 11.7. The van der Waals surface area contributed by atoms with Gasteiger partial charge in [-0.2, -0.15) is 0 Å². The lowest BCUT2D eigenvalue weighted by Crippen LogP contribution is -2.43. The largest absolute Gasteiger partial charge is 0.355 e. The third-order valence-electron chi connectivity index (χ3n) is 3.87. The van der Waals surface area contributed by atoms with E-state index >= 15 is 0 Å². The highest BCUT2D eigenvalue weighted by Crippen LogP contribution is 2.25. The van der Waals surface area contributed by atoms with E-state index in [1.54, 1.807) is 0 Å². The van der Waals surface area contributed by atoms with Crippen LogP contribution in [0.25, 0.3) is 0 Å². The average Bonchev–Trinajstić information content (AvgIpc) is 2.85. The van der Waals surface area contributed by atoms with Crippen LogP contribution in [-0.2, 0) is 17.6 Å². The summed E-state index contributed by atoms with van der Waals surface area (Å²) < 4.78 is 0. The fourth-order valence-corrected chi connectivity index (χ4v) is 2.74. The van der Waals surface area contributed by atoms with E-state index in [1.165, 1.54) is 36.0 Å². The predicted octanol–water partition coefficient (Wildman–Crippen LogP) is 2.35. The zero-order valence-corrected chi connectivity index (χ0v) is 12.1. The molecule has 0 aliphatic heterocycles. The summed E-state index contributed by atoms with van der Waals surface area (Å²) in [5.74, 6) is 0.0653. The number of benzene rings is 1. The van der Waals surface area contributed by atoms with Gasteiger partial charge in [-0.15, -0.1) is 0 Å². The first-order valence-electron chi connectivity index (χ1n) is 7.27. The van der Waals surface area contributed by atoms with Crippen LogP contribution in [-0.4, -0.2) is 18.5 Å². The highest BCUT2D eigenvalue weighted by atomic mass is 16.2. The van der Waals surface area contributed by atoms with Crippen LogP contribution >= 0.6 is 0 Å². The third-order valence-corrected chi connectivity index (χ3v) is 3.87. The van der Waals surface area contributed by atoms with Crippen LogP contribution in [0.15, 0.2) is 18.2 Å². The van der Waals surface area contributed by atoms with Crippen molar-refractivity contribution in [2.45, 2.75) is 52.1 Å². The topological polar surface area (TPSA) is 41.1 Å². The van der Waals surface area contributed by atoms with Gasteiger partial charge in [-0.3, -0.25) is 10.1 Å². The molecule has 0 fully saturated rings. The maximum absolute atomic E-state index is 11.7. The smallest absolute Gasteiger partial charge is 0.236 e. The predicted molar refractivity (Wildman–Crippen MR) is 78.2 cm³/mol. The Labute approximate surface area is 115 Å². The SMILES string of the molecule is CCNC(=O)C(C)NC(C)c1ccc2c(c1)CCC2. The summed E-state index contributed by atoms with van der Waals surface area (Å²) >= 11 is 0. The van der Waals surface area contributed by atoms with Gasteiger partial charge >= 0.3 is 0 Å². The first kappa shape index (κ1) is 14.1. The fraction of sp³-hybridized carbons (Fsp3) is 0.562. The van der Waals surface area contributed by atoms with Crippen molar-refractivity contribution in [1.29, 1.82) is 0 Å². The van der Waals surface area contributed by atoms with Crippen LogP contribution in [0.5, 0.6) is 0 Å². The molecule has 1 aliphatic rings. The molecule has 0 spiro atoms. The van der Waals surface area contributed by atoms with Crippen LogP contribution in [0.2, 0.25) is 0 Å². The number of fused-ring (bicyclic) bond motifs is 1. The molecule has 2 N–H and O–H groups in total. The van der Waals surface area contributed by atoms with E-state index in [-0.39, 0.29) is 18.0 Å². The number of amides is 1. The van der Waals surface area contributed by atoms with E-state index in [0.717, 1.165) is 0 Å². The van der Waals surface area contributed by atoms with E-state index in [9.17, 15) is 4.79 Å². The van der Waals surface area contributed by atoms with Crippen LogP contribution in [0, 0.1) is 0 Å². The Morgan fingerprint density at radius 2 is 2.00 bits per heavy atom. The molecule has 1 aromatic rings. The number of hydrogen-bond acceptors (Lipinski definition) is 2. The van der Waals surface area contributed by atoms with Crippen molar-refractivity contribution in [1.82, 2.24) is 10.6 Å². The maximum Gasteiger partial charge on any atom is 0.236 e. The van der Waals surface area contributed by atoms with Crippen LogP contribution in [0.3, 0.4) is 0 Å². The number of aryl methyl sites for hydroxylation is 2. The van der Waals surface area contributed by atoms with E-state index in [1.807, 2.05) is 13.8 Å². The Bertz CT molecular complexity index is 456. The first-order chi connectivity index (χ1) is 9.11. The van der Waals surface area contributed by atoms with Crippen LogP contribution < -0.4 is 10.6 Å². The summed E-state index contributed by atoms with van der Waals surface area (Å²) in [7, 11) is 0. The molecular formula is C16H24N2O. The molecule has 1 amide bonds. The second kappa shape index (κ2) is 6.20. The summed E-state index contributed by atoms with van der Waals surface area (Å²) in [6.07, 6.45) is 3.68. The van der Waals surface area contributed by atoms with Crippen LogP contribution in [0.1, 0.15) is 49.9 Å². The van der Waals surface area contributed by atoms with Gasteiger partial charge in [0, 0.05) is 12.6 Å². The molecule has 2 unspecified atom stereocenters. The summed E-state index contributed by atoms with van der Waals surface area (Å²) in [6, 6.07) is 6.76. The Kier molecular flexibility index (Phi) is 4.59. The van der Waals surface area contributed by atoms with Gasteiger partial charge in [0.2, 0.25) is 5.91 Å². The number of likely N-dealkylation sites (N-methyl/N-ethyl adjacent to an activating group) is 1. The highest BCUT2D eigenvalue weighted by molar-refractivity contribution is 5.81. The lowest BCUT2D eigenvalue weighted by molar-refractivity contribution is -0.122. The third kappa shape index (κ3) is 3.35. The Morgan fingerprint density at radius 3 is 2.74 bits per heavy atom. The highest BCUT2D eigenvalue weighted by Gasteiger charge is 2.17. The Hall–Kier alpha value is -1.35. The normalized spacial score (nSPS) is 16.8. The standard InChI is InChI=1S/C16H24N2O/c1-4-17-16(19)12(3)18-11(2)14-9-8-13-6-5-7-15(13)10-14/h8-12,18H,4-7H2,1-3H3,(H,17,19). The molecule has 1 aromatic carbocycles. The van der Waals surface area contributed by atoms with Crippen molar-refractivity contribution in [3.63, 3.8) is 0 Å². The Morgan fingerprint density at radius 1 is 1.26 bits per heavy atom. The molecule has 0 bridgehead atoms. The minimum atomic E-state index is -0.164. The van der Waals surface area contributed by atoms with E-state index in [4.69, 9.17) is 0 Å². The number of carbonyl (C=O) groups excluding carboxylic acids is 1. The fourth-order valence-electron chi connectivity index (χ4n) is 2.74. The number of rotatable bonds is 5. The van der Waals surface area contributed by atoms with Crippen molar-refractivity contribution in [2.24, 2.45) is 0 Å². The van der Waals surface area contributed by atoms with Gasteiger partial charge < -0.3 is 5.32 Å². The molecule has 0 radical (unpaired) electrons. The molecular weight excluding hydrogens is 236 g/mol. The van der Waals surface area contributed by atoms with Crippen molar-refractivity contribution in [2.75, 3.05) is 6.54 Å². The molecule has 2 rings (SSSR count). The molecule has 2 atom stereocenters.